The summed E-state index contributed by atoms with van der Waals surface area (Å²) in [5.41, 5.74) is 0.871. The van der Waals surface area contributed by atoms with Crippen LogP contribution in [0, 0.1) is 0 Å². The van der Waals surface area contributed by atoms with Crippen LogP contribution in [-0.4, -0.2) is 59.7 Å². The number of carbonyl (C=O) groups is 2. The van der Waals surface area contributed by atoms with E-state index in [0.717, 1.165) is 13.1 Å². The van der Waals surface area contributed by atoms with Gasteiger partial charge in [0.25, 0.3) is 11.8 Å². The molecule has 1 aromatic carbocycles. The van der Waals surface area contributed by atoms with E-state index in [1.54, 1.807) is 35.2 Å². The fraction of sp³-hybridized carbons (Fsp3) is 0.250. The number of carbonyl (C=O) groups excluding carboxylic acids is 2. The van der Waals surface area contributed by atoms with Crippen LogP contribution in [0.4, 0.5) is 5.82 Å². The maximum Gasteiger partial charge on any atom is 0.292 e. The van der Waals surface area contributed by atoms with E-state index in [1.807, 2.05) is 6.07 Å². The Bertz CT molecular complexity index is 1020. The van der Waals surface area contributed by atoms with Crippen molar-refractivity contribution in [3.05, 3.63) is 65.2 Å². The zero-order valence-corrected chi connectivity index (χ0v) is 16.6. The zero-order chi connectivity index (χ0) is 20.4. The van der Waals surface area contributed by atoms with E-state index in [-0.39, 0.29) is 17.5 Å². The number of likely N-dealkylation sites (N-methyl/N-ethyl adjacent to an activating group) is 1. The van der Waals surface area contributed by atoms with Crippen LogP contribution < -0.4 is 10.2 Å². The monoisotopic (exact) mass is 414 g/mol. The predicted molar refractivity (Wildman–Crippen MR) is 108 cm³/mol. The predicted octanol–water partition coefficient (Wildman–Crippen LogP) is 1.34. The summed E-state index contributed by atoms with van der Waals surface area (Å²) in [6.45, 7) is 3.04. The van der Waals surface area contributed by atoms with Gasteiger partial charge in [-0.25, -0.2) is 4.68 Å². The Hall–Kier alpha value is -3.10. The van der Waals surface area contributed by atoms with Crippen molar-refractivity contribution in [1.29, 1.82) is 0 Å². The molecule has 0 bridgehead atoms. The molecular weight excluding hydrogens is 394 g/mol. The van der Waals surface area contributed by atoms with Crippen LogP contribution in [0.5, 0.6) is 0 Å². The Kier molecular flexibility index (Phi) is 5.37. The summed E-state index contributed by atoms with van der Waals surface area (Å²) < 4.78 is 6.65. The van der Waals surface area contributed by atoms with Crippen molar-refractivity contribution in [2.24, 2.45) is 0 Å². The Morgan fingerprint density at radius 3 is 2.62 bits per heavy atom. The molecule has 2 aromatic heterocycles. The molecular formula is C20H21ClN5O3+. The number of quaternary nitrogens is 1. The molecule has 3 heterocycles. The van der Waals surface area contributed by atoms with Crippen LogP contribution in [0.15, 0.2) is 53.3 Å². The van der Waals surface area contributed by atoms with Gasteiger partial charge in [-0.15, -0.1) is 0 Å². The van der Waals surface area contributed by atoms with Crippen molar-refractivity contribution in [2.75, 3.05) is 38.5 Å². The van der Waals surface area contributed by atoms with Crippen molar-refractivity contribution >= 4 is 29.2 Å². The van der Waals surface area contributed by atoms with Crippen LogP contribution in [-0.2, 0) is 0 Å². The fourth-order valence-electron chi connectivity index (χ4n) is 3.27. The molecule has 1 aliphatic rings. The lowest BCUT2D eigenvalue weighted by molar-refractivity contribution is -0.883. The lowest BCUT2D eigenvalue weighted by atomic mass is 10.2. The third-order valence-electron chi connectivity index (χ3n) is 4.96. The number of nitrogens with one attached hydrogen (secondary N) is 2. The highest BCUT2D eigenvalue weighted by Gasteiger charge is 2.28. The van der Waals surface area contributed by atoms with E-state index in [0.29, 0.717) is 29.4 Å². The van der Waals surface area contributed by atoms with E-state index < -0.39 is 5.91 Å². The lowest BCUT2D eigenvalue weighted by Crippen LogP contribution is -3.12. The Morgan fingerprint density at radius 1 is 1.17 bits per heavy atom. The summed E-state index contributed by atoms with van der Waals surface area (Å²) in [5.74, 6) is -0.250. The minimum absolute atomic E-state index is 0.138. The van der Waals surface area contributed by atoms with Gasteiger partial charge < -0.3 is 19.5 Å². The first-order valence-electron chi connectivity index (χ1n) is 9.33. The lowest BCUT2D eigenvalue weighted by Gasteiger charge is -2.30. The second kappa shape index (κ2) is 8.10. The standard InChI is InChI=1S/C20H20ClN5O3/c1-24-8-10-25(11-9-24)20(28)14-13-22-26(16-6-3-2-5-15(16)21)18(14)23-19(27)17-7-4-12-29-17/h2-7,12-13H,8-11H2,1H3,(H,23,27)/p+1. The van der Waals surface area contributed by atoms with Gasteiger partial charge in [-0.2, -0.15) is 5.10 Å². The molecule has 4 rings (SSSR count). The third-order valence-corrected chi connectivity index (χ3v) is 5.28. The van der Waals surface area contributed by atoms with Gasteiger partial charge in [0.2, 0.25) is 0 Å². The third kappa shape index (κ3) is 3.90. The van der Waals surface area contributed by atoms with Crippen molar-refractivity contribution < 1.29 is 18.9 Å². The van der Waals surface area contributed by atoms with E-state index in [1.165, 1.54) is 22.0 Å². The molecule has 0 aliphatic carbocycles. The first-order chi connectivity index (χ1) is 14.0. The van der Waals surface area contributed by atoms with Crippen molar-refractivity contribution in [3.8, 4) is 5.69 Å². The maximum atomic E-state index is 13.2. The SMILES string of the molecule is C[NH+]1CCN(C(=O)c2cnn(-c3ccccc3Cl)c2NC(=O)c2ccco2)CC1. The van der Waals surface area contributed by atoms with Crippen molar-refractivity contribution in [1.82, 2.24) is 14.7 Å². The molecule has 2 amide bonds. The van der Waals surface area contributed by atoms with Crippen LogP contribution in [0.1, 0.15) is 20.9 Å². The zero-order valence-electron chi connectivity index (χ0n) is 15.9. The Labute approximate surface area is 172 Å². The number of amides is 2. The van der Waals surface area contributed by atoms with Gasteiger partial charge in [0.05, 0.1) is 56.4 Å². The number of anilines is 1. The number of aromatic nitrogens is 2. The largest absolute Gasteiger partial charge is 0.459 e. The number of piperazine rings is 1. The van der Waals surface area contributed by atoms with E-state index >= 15 is 0 Å². The van der Waals surface area contributed by atoms with Crippen LogP contribution in [0.2, 0.25) is 5.02 Å². The fourth-order valence-corrected chi connectivity index (χ4v) is 3.49. The van der Waals surface area contributed by atoms with Gasteiger partial charge in [-0.1, -0.05) is 23.7 Å². The molecule has 29 heavy (non-hydrogen) atoms. The Balaban J connectivity index is 1.72. The summed E-state index contributed by atoms with van der Waals surface area (Å²) >= 11 is 6.33. The maximum absolute atomic E-state index is 13.2. The Morgan fingerprint density at radius 2 is 1.93 bits per heavy atom. The second-order valence-electron chi connectivity index (χ2n) is 6.95. The number of halogens is 1. The molecule has 1 saturated heterocycles. The summed E-state index contributed by atoms with van der Waals surface area (Å²) in [6.07, 6.45) is 2.88. The highest BCUT2D eigenvalue weighted by molar-refractivity contribution is 6.32. The van der Waals surface area contributed by atoms with E-state index in [4.69, 9.17) is 16.0 Å². The molecule has 0 saturated carbocycles. The van der Waals surface area contributed by atoms with Gasteiger partial charge in [0.15, 0.2) is 5.76 Å². The van der Waals surface area contributed by atoms with Gasteiger partial charge in [-0.3, -0.25) is 9.59 Å². The number of furan rings is 1. The van der Waals surface area contributed by atoms with Gasteiger partial charge in [0, 0.05) is 0 Å². The van der Waals surface area contributed by atoms with Gasteiger partial charge >= 0.3 is 0 Å². The summed E-state index contributed by atoms with van der Waals surface area (Å²) in [6, 6.07) is 10.3. The highest BCUT2D eigenvalue weighted by atomic mass is 35.5. The molecule has 0 spiro atoms. The number of hydrogen-bond donors (Lipinski definition) is 2. The molecule has 9 heteroatoms. The van der Waals surface area contributed by atoms with Crippen LogP contribution >= 0.6 is 11.6 Å². The average Bonchev–Trinajstić information content (AvgIpc) is 3.39. The molecule has 2 N–H and O–H groups in total. The molecule has 150 valence electrons. The number of para-hydroxylation sites is 1. The summed E-state index contributed by atoms with van der Waals surface area (Å²) in [5, 5.41) is 7.57. The summed E-state index contributed by atoms with van der Waals surface area (Å²) in [4.78, 5) is 29.0. The summed E-state index contributed by atoms with van der Waals surface area (Å²) in [7, 11) is 2.10. The molecule has 1 fully saturated rings. The molecule has 0 radical (unpaired) electrons. The minimum Gasteiger partial charge on any atom is -0.459 e. The van der Waals surface area contributed by atoms with E-state index in [2.05, 4.69) is 17.5 Å². The second-order valence-corrected chi connectivity index (χ2v) is 7.36. The molecule has 8 nitrogen and oxygen atoms in total. The highest BCUT2D eigenvalue weighted by Crippen LogP contribution is 2.27. The van der Waals surface area contributed by atoms with Crippen molar-refractivity contribution in [3.63, 3.8) is 0 Å². The molecule has 3 aromatic rings. The van der Waals surface area contributed by atoms with Crippen molar-refractivity contribution in [2.45, 2.75) is 0 Å². The van der Waals surface area contributed by atoms with E-state index in [9.17, 15) is 9.59 Å². The van der Waals surface area contributed by atoms with Gasteiger partial charge in [0.1, 0.15) is 11.4 Å². The quantitative estimate of drug-likeness (QED) is 0.674. The first-order valence-corrected chi connectivity index (χ1v) is 9.70. The van der Waals surface area contributed by atoms with Gasteiger partial charge in [-0.05, 0) is 24.3 Å². The minimum atomic E-state index is -0.472. The number of rotatable bonds is 4. The average molecular weight is 415 g/mol. The first kappa shape index (κ1) is 19.2. The normalized spacial score (nSPS) is 14.8. The topological polar surface area (TPSA) is 84.8 Å². The number of benzene rings is 1. The molecule has 1 aliphatic heterocycles. The number of hydrogen-bond acceptors (Lipinski definition) is 4. The molecule has 0 atom stereocenters. The molecule has 0 unspecified atom stereocenters. The van der Waals surface area contributed by atoms with Crippen LogP contribution in [0.25, 0.3) is 5.69 Å². The number of nitrogens with zero attached hydrogens (tertiary/aromatic N) is 3. The van der Waals surface area contributed by atoms with Crippen LogP contribution in [0.3, 0.4) is 0 Å². The smallest absolute Gasteiger partial charge is 0.292 e.